The zero-order valence-corrected chi connectivity index (χ0v) is 15.6. The molecule has 0 unspecified atom stereocenters. The summed E-state index contributed by atoms with van der Waals surface area (Å²) in [5.74, 6) is 1.91. The van der Waals surface area contributed by atoms with Crippen LogP contribution in [0.15, 0.2) is 36.4 Å². The van der Waals surface area contributed by atoms with Crippen LogP contribution in [-0.4, -0.2) is 46.7 Å². The maximum atomic E-state index is 12.0. The summed E-state index contributed by atoms with van der Waals surface area (Å²) < 4.78 is 20.9. The molecule has 1 amide bonds. The van der Waals surface area contributed by atoms with Crippen molar-refractivity contribution < 1.29 is 28.5 Å². The molecular weight excluding hydrogens is 350 g/mol. The number of nitrogens with one attached hydrogen (secondary N) is 1. The average molecular weight is 373 g/mol. The first kappa shape index (κ1) is 20.1. The molecule has 27 heavy (non-hydrogen) atoms. The highest BCUT2D eigenvalue weighted by Crippen LogP contribution is 2.27. The van der Waals surface area contributed by atoms with Crippen LogP contribution in [0.4, 0.5) is 0 Å². The van der Waals surface area contributed by atoms with Crippen molar-refractivity contribution in [3.8, 4) is 23.0 Å². The van der Waals surface area contributed by atoms with Crippen molar-refractivity contribution in [2.45, 2.75) is 6.42 Å². The molecule has 0 heterocycles. The second kappa shape index (κ2) is 10.1. The predicted molar refractivity (Wildman–Crippen MR) is 100 cm³/mol. The van der Waals surface area contributed by atoms with Gasteiger partial charge in [-0.25, -0.2) is 0 Å². The smallest absolute Gasteiger partial charge is 0.257 e. The molecule has 2 aromatic rings. The zero-order valence-electron chi connectivity index (χ0n) is 15.6. The summed E-state index contributed by atoms with van der Waals surface area (Å²) >= 11 is 0. The van der Waals surface area contributed by atoms with Crippen LogP contribution in [0.5, 0.6) is 23.0 Å². The second-order valence-corrected chi connectivity index (χ2v) is 5.60. The Hall–Kier alpha value is -3.22. The van der Waals surface area contributed by atoms with Gasteiger partial charge in [0.1, 0.15) is 11.5 Å². The summed E-state index contributed by atoms with van der Waals surface area (Å²) in [5.41, 5.74) is 1.33. The van der Waals surface area contributed by atoms with Gasteiger partial charge in [-0.2, -0.15) is 0 Å². The van der Waals surface area contributed by atoms with Crippen molar-refractivity contribution in [2.75, 3.05) is 34.5 Å². The molecule has 2 aromatic carbocycles. The topological polar surface area (TPSA) is 83.1 Å². The van der Waals surface area contributed by atoms with Gasteiger partial charge in [0.15, 0.2) is 24.4 Å². The Labute approximate surface area is 158 Å². The number of rotatable bonds is 10. The minimum Gasteiger partial charge on any atom is -0.497 e. The molecule has 0 spiro atoms. The molecule has 0 aliphatic carbocycles. The van der Waals surface area contributed by atoms with Gasteiger partial charge in [-0.1, -0.05) is 6.07 Å². The lowest BCUT2D eigenvalue weighted by Gasteiger charge is -2.11. The molecule has 0 aliphatic heterocycles. The average Bonchev–Trinajstić information content (AvgIpc) is 2.71. The minimum atomic E-state index is -0.275. The van der Waals surface area contributed by atoms with Crippen molar-refractivity contribution in [2.24, 2.45) is 0 Å². The molecule has 7 heteroatoms. The van der Waals surface area contributed by atoms with E-state index in [2.05, 4.69) is 5.32 Å². The highest BCUT2D eigenvalue weighted by Gasteiger charge is 2.09. The van der Waals surface area contributed by atoms with Crippen LogP contribution in [0.2, 0.25) is 0 Å². The van der Waals surface area contributed by atoms with E-state index in [0.717, 1.165) is 5.56 Å². The summed E-state index contributed by atoms with van der Waals surface area (Å²) in [7, 11) is 4.67. The molecule has 7 nitrogen and oxygen atoms in total. The Morgan fingerprint density at radius 2 is 1.70 bits per heavy atom. The van der Waals surface area contributed by atoms with Gasteiger partial charge in [0.2, 0.25) is 0 Å². The number of ether oxygens (including phenoxy) is 4. The lowest BCUT2D eigenvalue weighted by molar-refractivity contribution is -0.123. The van der Waals surface area contributed by atoms with Crippen LogP contribution < -0.4 is 24.3 Å². The third-order valence-corrected chi connectivity index (χ3v) is 3.89. The van der Waals surface area contributed by atoms with E-state index in [0.29, 0.717) is 47.8 Å². The number of amides is 1. The van der Waals surface area contributed by atoms with E-state index >= 15 is 0 Å². The summed E-state index contributed by atoms with van der Waals surface area (Å²) in [6.07, 6.45) is 1.29. The Kier molecular flexibility index (Phi) is 7.49. The van der Waals surface area contributed by atoms with E-state index in [1.165, 1.54) is 7.11 Å². The molecule has 0 fully saturated rings. The number of carbonyl (C=O) groups is 2. The standard InChI is InChI=1S/C20H23NO6/c1-24-16-5-7-17(15(11-16)12-22)27-13-20(23)21-9-8-14-4-6-18(25-2)19(10-14)26-3/h4-7,10-12H,8-9,13H2,1-3H3,(H,21,23). The minimum absolute atomic E-state index is 0.181. The van der Waals surface area contributed by atoms with Crippen LogP contribution in [0.25, 0.3) is 0 Å². The van der Waals surface area contributed by atoms with E-state index in [9.17, 15) is 9.59 Å². The summed E-state index contributed by atoms with van der Waals surface area (Å²) in [5, 5.41) is 2.78. The maximum absolute atomic E-state index is 12.0. The molecule has 0 saturated carbocycles. The van der Waals surface area contributed by atoms with Crippen molar-refractivity contribution in [1.82, 2.24) is 5.32 Å². The van der Waals surface area contributed by atoms with E-state index in [4.69, 9.17) is 18.9 Å². The fraction of sp³-hybridized carbons (Fsp3) is 0.300. The van der Waals surface area contributed by atoms with Crippen LogP contribution in [0.3, 0.4) is 0 Å². The lowest BCUT2D eigenvalue weighted by atomic mass is 10.1. The molecule has 0 aliphatic rings. The third kappa shape index (κ3) is 5.64. The van der Waals surface area contributed by atoms with Gasteiger partial charge < -0.3 is 24.3 Å². The Bertz CT molecular complexity index is 790. The normalized spacial score (nSPS) is 10.0. The fourth-order valence-electron chi connectivity index (χ4n) is 2.45. The van der Waals surface area contributed by atoms with E-state index in [1.807, 2.05) is 18.2 Å². The Balaban J connectivity index is 1.82. The van der Waals surface area contributed by atoms with Crippen LogP contribution >= 0.6 is 0 Å². The second-order valence-electron chi connectivity index (χ2n) is 5.60. The Morgan fingerprint density at radius 3 is 2.37 bits per heavy atom. The molecule has 2 rings (SSSR count). The molecular formula is C20H23NO6. The maximum Gasteiger partial charge on any atom is 0.257 e. The molecule has 0 atom stereocenters. The number of hydrogen-bond donors (Lipinski definition) is 1. The first-order chi connectivity index (χ1) is 13.1. The van der Waals surface area contributed by atoms with Gasteiger partial charge in [-0.15, -0.1) is 0 Å². The molecule has 144 valence electrons. The highest BCUT2D eigenvalue weighted by atomic mass is 16.5. The SMILES string of the molecule is COc1ccc(OCC(=O)NCCc2ccc(OC)c(OC)c2)c(C=O)c1. The van der Waals surface area contributed by atoms with Crippen molar-refractivity contribution >= 4 is 12.2 Å². The first-order valence-corrected chi connectivity index (χ1v) is 8.35. The lowest BCUT2D eigenvalue weighted by Crippen LogP contribution is -2.30. The van der Waals surface area contributed by atoms with E-state index < -0.39 is 0 Å². The highest BCUT2D eigenvalue weighted by molar-refractivity contribution is 5.81. The summed E-state index contributed by atoms with van der Waals surface area (Å²) in [6.45, 7) is 0.264. The fourth-order valence-corrected chi connectivity index (χ4v) is 2.45. The van der Waals surface area contributed by atoms with Crippen molar-refractivity contribution in [1.29, 1.82) is 0 Å². The number of benzene rings is 2. The third-order valence-electron chi connectivity index (χ3n) is 3.89. The molecule has 1 N–H and O–H groups in total. The Morgan fingerprint density at radius 1 is 0.963 bits per heavy atom. The van der Waals surface area contributed by atoms with Gasteiger partial charge in [0.05, 0.1) is 26.9 Å². The van der Waals surface area contributed by atoms with Crippen LogP contribution in [-0.2, 0) is 11.2 Å². The van der Waals surface area contributed by atoms with Gasteiger partial charge >= 0.3 is 0 Å². The molecule has 0 bridgehead atoms. The van der Waals surface area contributed by atoms with Gasteiger partial charge in [0, 0.05) is 6.54 Å². The zero-order chi connectivity index (χ0) is 19.6. The largest absolute Gasteiger partial charge is 0.497 e. The summed E-state index contributed by atoms with van der Waals surface area (Å²) in [4.78, 5) is 23.1. The van der Waals surface area contributed by atoms with Crippen LogP contribution in [0.1, 0.15) is 15.9 Å². The molecule has 0 radical (unpaired) electrons. The number of carbonyl (C=O) groups excluding carboxylic acids is 2. The van der Waals surface area contributed by atoms with Crippen molar-refractivity contribution in [3.05, 3.63) is 47.5 Å². The number of hydrogen-bond acceptors (Lipinski definition) is 6. The number of methoxy groups -OCH3 is 3. The monoisotopic (exact) mass is 373 g/mol. The van der Waals surface area contributed by atoms with Crippen molar-refractivity contribution in [3.63, 3.8) is 0 Å². The predicted octanol–water partition coefficient (Wildman–Crippen LogP) is 2.26. The van der Waals surface area contributed by atoms with E-state index in [-0.39, 0.29) is 12.5 Å². The van der Waals surface area contributed by atoms with Gasteiger partial charge in [0.25, 0.3) is 5.91 Å². The summed E-state index contributed by atoms with van der Waals surface area (Å²) in [6, 6.07) is 10.4. The quantitative estimate of drug-likeness (QED) is 0.643. The van der Waals surface area contributed by atoms with Gasteiger partial charge in [-0.3, -0.25) is 9.59 Å². The molecule has 0 aromatic heterocycles. The molecule has 0 saturated heterocycles. The van der Waals surface area contributed by atoms with Gasteiger partial charge in [-0.05, 0) is 42.3 Å². The number of aldehydes is 1. The first-order valence-electron chi connectivity index (χ1n) is 8.35. The van der Waals surface area contributed by atoms with E-state index in [1.54, 1.807) is 32.4 Å². The van der Waals surface area contributed by atoms with Crippen LogP contribution in [0, 0.1) is 0 Å².